The number of rotatable bonds is 12. The summed E-state index contributed by atoms with van der Waals surface area (Å²) in [7, 11) is 0. The van der Waals surface area contributed by atoms with Crippen LogP contribution in [0.1, 0.15) is 114 Å². The van der Waals surface area contributed by atoms with Gasteiger partial charge >= 0.3 is 29.6 Å². The van der Waals surface area contributed by atoms with E-state index in [0.717, 1.165) is 69.0 Å². The first-order valence-corrected chi connectivity index (χ1v) is 26.6. The second-order valence-corrected chi connectivity index (χ2v) is 22.2. The summed E-state index contributed by atoms with van der Waals surface area (Å²) in [5.41, 5.74) is 1.98. The normalized spacial score (nSPS) is 35.4. The van der Waals surface area contributed by atoms with Crippen molar-refractivity contribution in [3.05, 3.63) is 108 Å². The van der Waals surface area contributed by atoms with Crippen LogP contribution in [0.25, 0.3) is 0 Å². The molecule has 0 aromatic heterocycles. The molecule has 3 aromatic rings. The third kappa shape index (κ3) is 11.5. The van der Waals surface area contributed by atoms with E-state index in [1.54, 1.807) is 0 Å². The second-order valence-electron chi connectivity index (χ2n) is 22.2. The van der Waals surface area contributed by atoms with Crippen LogP contribution in [0.5, 0.6) is 0 Å². The zero-order chi connectivity index (χ0) is 45.0. The third-order valence-corrected chi connectivity index (χ3v) is 18.4. The van der Waals surface area contributed by atoms with Crippen LogP contribution in [0.2, 0.25) is 0 Å². The van der Waals surface area contributed by atoms with Crippen molar-refractivity contribution < 1.29 is 60.5 Å². The summed E-state index contributed by atoms with van der Waals surface area (Å²) in [5.74, 6) is 3.55. The molecule has 3 aromatic carbocycles. The van der Waals surface area contributed by atoms with Crippen LogP contribution < -0.4 is 29.6 Å². The number of benzene rings is 3. The Labute approximate surface area is 426 Å². The molecule has 1 unspecified atom stereocenters. The smallest absolute Gasteiger partial charge is 1.00 e. The third-order valence-electron chi connectivity index (χ3n) is 18.4. The van der Waals surface area contributed by atoms with E-state index in [2.05, 4.69) is 69.3 Å². The molecule has 3 saturated carbocycles. The summed E-state index contributed by atoms with van der Waals surface area (Å²) < 4.78 is 18.3. The molecule has 13 aliphatic rings. The van der Waals surface area contributed by atoms with E-state index in [4.69, 9.17) is 14.2 Å². The van der Waals surface area contributed by atoms with Gasteiger partial charge in [-0.05, 0) is 169 Å². The molecule has 10 heteroatoms. The zero-order valence-corrected chi connectivity index (χ0v) is 42.9. The van der Waals surface area contributed by atoms with Crippen LogP contribution in [0.4, 0.5) is 0 Å². The second kappa shape index (κ2) is 22.8. The van der Waals surface area contributed by atoms with Gasteiger partial charge in [-0.15, -0.1) is 0 Å². The van der Waals surface area contributed by atoms with Gasteiger partial charge in [-0.3, -0.25) is 0 Å². The Morgan fingerprint density at radius 3 is 1.16 bits per heavy atom. The van der Waals surface area contributed by atoms with Crippen LogP contribution in [-0.2, 0) is 31.0 Å². The summed E-state index contributed by atoms with van der Waals surface area (Å²) >= 11 is 0. The van der Waals surface area contributed by atoms with Crippen molar-refractivity contribution in [3.8, 4) is 0 Å². The predicted octanol–water partition coefficient (Wildman–Crippen LogP) is 5.47. The van der Waals surface area contributed by atoms with Crippen LogP contribution in [0.15, 0.2) is 91.0 Å². The first-order valence-electron chi connectivity index (χ1n) is 26.6. The molecule has 0 amide bonds. The van der Waals surface area contributed by atoms with E-state index in [-0.39, 0.29) is 42.7 Å². The Bertz CT molecular complexity index is 1840. The number of piperidine rings is 9. The van der Waals surface area contributed by atoms with Gasteiger partial charge in [0, 0.05) is 19.6 Å². The fraction of sp³-hybridized carbons (Fsp3) is 0.684. The van der Waals surface area contributed by atoms with Gasteiger partial charge in [-0.25, -0.2) is 0 Å². The number of hydrogen-bond donors (Lipinski definition) is 3. The quantitative estimate of drug-likeness (QED) is 0.162. The van der Waals surface area contributed by atoms with Gasteiger partial charge in [-0.2, -0.15) is 0 Å². The van der Waals surface area contributed by atoms with E-state index < -0.39 is 11.2 Å². The molecule has 67 heavy (non-hydrogen) atoms. The van der Waals surface area contributed by atoms with Crippen molar-refractivity contribution in [2.45, 2.75) is 131 Å². The van der Waals surface area contributed by atoms with Gasteiger partial charge in [0.15, 0.2) is 0 Å². The molecular formula is C57H82N3NaO6. The summed E-state index contributed by atoms with van der Waals surface area (Å²) in [4.78, 5) is 7.37. The molecule has 13 fully saturated rings. The molecule has 16 rings (SSSR count). The van der Waals surface area contributed by atoms with E-state index in [0.29, 0.717) is 55.0 Å². The molecule has 10 aliphatic heterocycles. The van der Waals surface area contributed by atoms with Crippen molar-refractivity contribution in [2.24, 2.45) is 35.5 Å². The number of ether oxygens (including phenoxy) is 3. The molecule has 0 radical (unpaired) electrons. The van der Waals surface area contributed by atoms with Crippen molar-refractivity contribution in [1.82, 2.24) is 14.7 Å². The number of hydrogen-bond acceptors (Lipinski definition) is 9. The monoisotopic (exact) mass is 928 g/mol. The molecular weight excluding hydrogens is 846 g/mol. The van der Waals surface area contributed by atoms with Gasteiger partial charge in [-0.1, -0.05) is 110 Å². The Morgan fingerprint density at radius 2 is 0.896 bits per heavy atom. The molecule has 3 aliphatic carbocycles. The molecule has 6 bridgehead atoms. The van der Waals surface area contributed by atoms with Crippen LogP contribution in [-0.4, -0.2) is 127 Å². The SMILES string of the molecule is O[C@@H]1CN2CCC1CC2.O[C@@](CO[C@@H]1CN2CCC1CC2)(c1ccccc1)C1CCC1.O[C@](CO[C@@H]1CN2CCC1CC2)(c1ccccc1)C1CCC1.[H-].[Na+].c1ccc(C2(C3CCC3)CO2)cc1. The molecule has 10 heterocycles. The van der Waals surface area contributed by atoms with Crippen LogP contribution in [0, 0.1) is 35.5 Å². The molecule has 10 saturated heterocycles. The Kier molecular flexibility index (Phi) is 17.1. The Balaban J connectivity index is 0.000000127. The number of aliphatic hydroxyl groups excluding tert-OH is 1. The zero-order valence-electron chi connectivity index (χ0n) is 41.9. The number of aliphatic hydroxyl groups is 3. The minimum absolute atomic E-state index is 0. The maximum Gasteiger partial charge on any atom is 1.00 e. The van der Waals surface area contributed by atoms with Crippen molar-refractivity contribution in [2.75, 3.05) is 78.7 Å². The molecule has 9 nitrogen and oxygen atoms in total. The molecule has 6 atom stereocenters. The largest absolute Gasteiger partial charge is 1.00 e. The van der Waals surface area contributed by atoms with Crippen LogP contribution in [0.3, 0.4) is 0 Å². The Morgan fingerprint density at radius 1 is 0.522 bits per heavy atom. The van der Waals surface area contributed by atoms with Gasteiger partial charge in [0.05, 0.1) is 38.1 Å². The minimum atomic E-state index is -0.800. The standard InChI is InChI=1S/2C19H27NO2.C12H14O.C7H13NO.Na.H/c2*21-19(17-7-4-8-17,16-5-2-1-3-6-16)14-22-18-13-20-11-9-15(18)10-12-20;1-2-5-10(6-3-1)12(9-13-12)11-7-4-8-11;9-7-5-8-3-1-6(7)2-4-8;;/h2*1-3,5-6,15,17-18,21H,4,7-14H2;1-3,5-6,11H,4,7-9H2;6-7,9H,1-5H2;;/q;;;;+1;-1/t18-,19+;18-,19-;;7-;;/m11.1../s1. The molecule has 0 spiro atoms. The fourth-order valence-electron chi connectivity index (χ4n) is 13.0. The molecule has 362 valence electrons. The van der Waals surface area contributed by atoms with E-state index >= 15 is 0 Å². The van der Waals surface area contributed by atoms with E-state index in [1.807, 2.05) is 36.4 Å². The summed E-state index contributed by atoms with van der Waals surface area (Å²) in [6.07, 6.45) is 19.2. The van der Waals surface area contributed by atoms with Gasteiger partial charge in [0.1, 0.15) is 16.8 Å². The number of epoxide rings is 1. The Hall–Kier alpha value is -1.70. The summed E-state index contributed by atoms with van der Waals surface area (Å²) in [6.45, 7) is 12.3. The summed E-state index contributed by atoms with van der Waals surface area (Å²) in [5, 5.41) is 32.1. The first kappa shape index (κ1) is 50.2. The van der Waals surface area contributed by atoms with Crippen molar-refractivity contribution in [3.63, 3.8) is 0 Å². The average Bonchev–Trinajstić information content (AvgIpc) is 4.12. The van der Waals surface area contributed by atoms with E-state index in [1.165, 1.54) is 115 Å². The summed E-state index contributed by atoms with van der Waals surface area (Å²) in [6, 6.07) is 31.0. The van der Waals surface area contributed by atoms with Gasteiger partial charge in [0.25, 0.3) is 0 Å². The van der Waals surface area contributed by atoms with Crippen LogP contribution >= 0.6 is 0 Å². The maximum atomic E-state index is 11.4. The number of nitrogens with zero attached hydrogens (tertiary/aromatic N) is 3. The maximum absolute atomic E-state index is 11.4. The van der Waals surface area contributed by atoms with E-state index in [9.17, 15) is 15.3 Å². The van der Waals surface area contributed by atoms with Crippen molar-refractivity contribution >= 4 is 0 Å². The first-order chi connectivity index (χ1) is 32.3. The predicted molar refractivity (Wildman–Crippen MR) is 261 cm³/mol. The minimum Gasteiger partial charge on any atom is -1.00 e. The van der Waals surface area contributed by atoms with Gasteiger partial charge in [0.2, 0.25) is 0 Å². The fourth-order valence-corrected chi connectivity index (χ4v) is 13.0. The van der Waals surface area contributed by atoms with Gasteiger partial charge < -0.3 is 45.7 Å². The average molecular weight is 928 g/mol. The number of fused-ring (bicyclic) bond motifs is 9. The van der Waals surface area contributed by atoms with Crippen molar-refractivity contribution in [1.29, 1.82) is 0 Å². The topological polar surface area (TPSA) is 101 Å². The molecule has 3 N–H and O–H groups in total.